The van der Waals surface area contributed by atoms with Gasteiger partial charge in [0.15, 0.2) is 0 Å². The van der Waals surface area contributed by atoms with Gasteiger partial charge >= 0.3 is 0 Å². The summed E-state index contributed by atoms with van der Waals surface area (Å²) < 4.78 is 3.86. The topological polar surface area (TPSA) is 47.7 Å². The maximum Gasteiger partial charge on any atom is 0.0660 e. The van der Waals surface area contributed by atoms with E-state index in [-0.39, 0.29) is 0 Å². The Morgan fingerprint density at radius 2 is 2.05 bits per heavy atom. The number of hydrogen-bond donors (Lipinski definition) is 1. The van der Waals surface area contributed by atoms with Gasteiger partial charge in [-0.25, -0.2) is 0 Å². The molecule has 0 unspecified atom stereocenters. The molecule has 0 saturated carbocycles. The second-order valence-electron chi connectivity index (χ2n) is 4.96. The van der Waals surface area contributed by atoms with Crippen LogP contribution >= 0.6 is 0 Å². The Hall–Kier alpha value is -2.56. The highest BCUT2D eigenvalue weighted by atomic mass is 15.3. The van der Waals surface area contributed by atoms with Crippen molar-refractivity contribution >= 4 is 5.69 Å². The zero-order chi connectivity index (χ0) is 14.5. The van der Waals surface area contributed by atoms with Gasteiger partial charge in [0.25, 0.3) is 0 Å². The molecule has 1 N–H and O–H groups in total. The molecule has 21 heavy (non-hydrogen) atoms. The van der Waals surface area contributed by atoms with Crippen molar-refractivity contribution in [3.05, 3.63) is 66.2 Å². The zero-order valence-electron chi connectivity index (χ0n) is 12.1. The minimum Gasteiger partial charge on any atom is -0.381 e. The number of aryl methyl sites for hydroxylation is 1. The monoisotopic (exact) mass is 281 g/mol. The average molecular weight is 281 g/mol. The van der Waals surface area contributed by atoms with Crippen molar-refractivity contribution in [2.24, 2.45) is 0 Å². The van der Waals surface area contributed by atoms with Crippen LogP contribution in [-0.4, -0.2) is 19.6 Å². The first kappa shape index (κ1) is 13.4. The predicted molar refractivity (Wildman–Crippen MR) is 83.0 cm³/mol. The first-order valence-corrected chi connectivity index (χ1v) is 7.15. The lowest BCUT2D eigenvalue weighted by Crippen LogP contribution is -2.02. The van der Waals surface area contributed by atoms with Crippen LogP contribution in [0.4, 0.5) is 5.69 Å². The molecule has 1 aromatic carbocycles. The fraction of sp³-hybridized carbons (Fsp3) is 0.250. The van der Waals surface area contributed by atoms with Crippen LogP contribution in [0.2, 0.25) is 0 Å². The van der Waals surface area contributed by atoms with Gasteiger partial charge in [-0.3, -0.25) is 9.36 Å². The van der Waals surface area contributed by atoms with Gasteiger partial charge in [0, 0.05) is 42.9 Å². The Labute approximate surface area is 124 Å². The van der Waals surface area contributed by atoms with E-state index in [1.165, 1.54) is 11.1 Å². The molecule has 0 fully saturated rings. The summed E-state index contributed by atoms with van der Waals surface area (Å²) in [6, 6.07) is 10.4. The highest BCUT2D eigenvalue weighted by Gasteiger charge is 2.00. The molecule has 0 saturated heterocycles. The van der Waals surface area contributed by atoms with E-state index >= 15 is 0 Å². The van der Waals surface area contributed by atoms with Gasteiger partial charge in [-0.1, -0.05) is 12.1 Å². The maximum atomic E-state index is 4.28. The molecule has 0 aliphatic heterocycles. The van der Waals surface area contributed by atoms with E-state index in [0.717, 1.165) is 25.3 Å². The molecule has 0 atom stereocenters. The quantitative estimate of drug-likeness (QED) is 0.756. The summed E-state index contributed by atoms with van der Waals surface area (Å²) in [7, 11) is 0. The van der Waals surface area contributed by atoms with Crippen molar-refractivity contribution in [3.8, 4) is 0 Å². The lowest BCUT2D eigenvalue weighted by molar-refractivity contribution is 0.659. The third-order valence-corrected chi connectivity index (χ3v) is 3.34. The maximum absolute atomic E-state index is 4.28. The number of benzene rings is 1. The number of rotatable bonds is 6. The van der Waals surface area contributed by atoms with Gasteiger partial charge in [-0.2, -0.15) is 10.2 Å². The molecule has 5 nitrogen and oxygen atoms in total. The summed E-state index contributed by atoms with van der Waals surface area (Å²) in [6.45, 7) is 4.56. The summed E-state index contributed by atoms with van der Waals surface area (Å²) in [5.41, 5.74) is 3.53. The molecular weight excluding hydrogens is 262 g/mol. The van der Waals surface area contributed by atoms with Gasteiger partial charge < -0.3 is 5.32 Å². The van der Waals surface area contributed by atoms with Crippen LogP contribution < -0.4 is 5.32 Å². The Morgan fingerprint density at radius 3 is 2.81 bits per heavy atom. The molecule has 2 aromatic heterocycles. The SMILES string of the molecule is CCn1cc(CNc2cccc(Cn3cccn3)c2)cn1. The molecule has 0 aliphatic carbocycles. The van der Waals surface area contributed by atoms with Gasteiger partial charge in [-0.15, -0.1) is 0 Å². The summed E-state index contributed by atoms with van der Waals surface area (Å²) >= 11 is 0. The molecule has 3 rings (SSSR count). The van der Waals surface area contributed by atoms with E-state index in [0.29, 0.717) is 0 Å². The highest BCUT2D eigenvalue weighted by Crippen LogP contribution is 2.13. The molecule has 0 radical (unpaired) electrons. The molecule has 0 spiro atoms. The summed E-state index contributed by atoms with van der Waals surface area (Å²) in [5.74, 6) is 0. The molecule has 0 aliphatic rings. The van der Waals surface area contributed by atoms with E-state index in [9.17, 15) is 0 Å². The van der Waals surface area contributed by atoms with Crippen molar-refractivity contribution in [2.45, 2.75) is 26.6 Å². The second-order valence-corrected chi connectivity index (χ2v) is 4.96. The molecular formula is C16H19N5. The van der Waals surface area contributed by atoms with Gasteiger partial charge in [0.2, 0.25) is 0 Å². The number of hydrogen-bond acceptors (Lipinski definition) is 3. The molecule has 5 heteroatoms. The van der Waals surface area contributed by atoms with Gasteiger partial charge in [-0.05, 0) is 30.7 Å². The number of nitrogens with zero attached hydrogens (tertiary/aromatic N) is 4. The average Bonchev–Trinajstić information content (AvgIpc) is 3.17. The standard InChI is InChI=1S/C16H19N5/c1-2-20-13-15(11-19-20)10-17-16-6-3-5-14(9-16)12-21-8-4-7-18-21/h3-9,11,13,17H,2,10,12H2,1H3. The van der Waals surface area contributed by atoms with E-state index < -0.39 is 0 Å². The fourth-order valence-corrected chi connectivity index (χ4v) is 2.24. The molecule has 108 valence electrons. The highest BCUT2D eigenvalue weighted by molar-refractivity contribution is 5.46. The Morgan fingerprint density at radius 1 is 1.10 bits per heavy atom. The minimum absolute atomic E-state index is 0.783. The number of nitrogens with one attached hydrogen (secondary N) is 1. The van der Waals surface area contributed by atoms with E-state index in [2.05, 4.69) is 52.9 Å². The Bertz CT molecular complexity index is 684. The van der Waals surface area contributed by atoms with Crippen molar-refractivity contribution in [3.63, 3.8) is 0 Å². The lowest BCUT2D eigenvalue weighted by Gasteiger charge is -2.08. The Balaban J connectivity index is 1.63. The Kier molecular flexibility index (Phi) is 4.00. The fourth-order valence-electron chi connectivity index (χ4n) is 2.24. The summed E-state index contributed by atoms with van der Waals surface area (Å²) in [5, 5.41) is 11.9. The van der Waals surface area contributed by atoms with E-state index in [4.69, 9.17) is 0 Å². The van der Waals surface area contributed by atoms with Crippen LogP contribution in [0.1, 0.15) is 18.1 Å². The molecule has 3 aromatic rings. The zero-order valence-corrected chi connectivity index (χ0v) is 12.1. The first-order chi connectivity index (χ1) is 10.3. The van der Waals surface area contributed by atoms with Crippen LogP contribution in [0.5, 0.6) is 0 Å². The molecule has 0 bridgehead atoms. The smallest absolute Gasteiger partial charge is 0.0660 e. The summed E-state index contributed by atoms with van der Waals surface area (Å²) in [4.78, 5) is 0. The van der Waals surface area contributed by atoms with Crippen molar-refractivity contribution in [1.82, 2.24) is 19.6 Å². The van der Waals surface area contributed by atoms with Crippen LogP contribution in [0.3, 0.4) is 0 Å². The van der Waals surface area contributed by atoms with Gasteiger partial charge in [0.05, 0.1) is 12.7 Å². The van der Waals surface area contributed by atoms with Crippen molar-refractivity contribution in [1.29, 1.82) is 0 Å². The summed E-state index contributed by atoms with van der Waals surface area (Å²) in [6.07, 6.45) is 7.75. The van der Waals surface area contributed by atoms with Crippen molar-refractivity contribution in [2.75, 3.05) is 5.32 Å². The molecule has 2 heterocycles. The van der Waals surface area contributed by atoms with E-state index in [1.807, 2.05) is 27.8 Å². The second kappa shape index (κ2) is 6.26. The van der Waals surface area contributed by atoms with Crippen LogP contribution in [-0.2, 0) is 19.6 Å². The predicted octanol–water partition coefficient (Wildman–Crippen LogP) is 2.76. The van der Waals surface area contributed by atoms with E-state index in [1.54, 1.807) is 6.20 Å². The minimum atomic E-state index is 0.783. The van der Waals surface area contributed by atoms with Crippen LogP contribution in [0, 0.1) is 0 Å². The normalized spacial score (nSPS) is 10.7. The third kappa shape index (κ3) is 3.51. The van der Waals surface area contributed by atoms with Crippen LogP contribution in [0.15, 0.2) is 55.1 Å². The van der Waals surface area contributed by atoms with Gasteiger partial charge in [0.1, 0.15) is 0 Å². The molecule has 0 amide bonds. The van der Waals surface area contributed by atoms with Crippen LogP contribution in [0.25, 0.3) is 0 Å². The number of anilines is 1. The number of aromatic nitrogens is 4. The largest absolute Gasteiger partial charge is 0.381 e. The lowest BCUT2D eigenvalue weighted by atomic mass is 10.2. The van der Waals surface area contributed by atoms with Crippen molar-refractivity contribution < 1.29 is 0 Å². The first-order valence-electron chi connectivity index (χ1n) is 7.15. The third-order valence-electron chi connectivity index (χ3n) is 3.34.